The summed E-state index contributed by atoms with van der Waals surface area (Å²) in [6.07, 6.45) is 0.889. The summed E-state index contributed by atoms with van der Waals surface area (Å²) in [5.74, 6) is 2.27. The van der Waals surface area contributed by atoms with E-state index in [1.165, 1.54) is 16.7 Å². The number of rotatable bonds is 4. The number of anilines is 1. The molecule has 2 aliphatic rings. The second-order valence-corrected chi connectivity index (χ2v) is 8.78. The van der Waals surface area contributed by atoms with Gasteiger partial charge in [0.2, 0.25) is 5.82 Å². The molecule has 0 unspecified atom stereocenters. The molecule has 1 aromatic heterocycles. The number of hydrogen-bond acceptors (Lipinski definition) is 4. The van der Waals surface area contributed by atoms with Crippen molar-refractivity contribution in [2.75, 3.05) is 18.4 Å². The number of fused-ring (bicyclic) bond motifs is 2. The maximum Gasteiger partial charge on any atom is 0.293 e. The molecule has 0 aliphatic carbocycles. The molecule has 2 aromatic carbocycles. The van der Waals surface area contributed by atoms with Crippen LogP contribution in [0.15, 0.2) is 48.5 Å². The maximum atomic E-state index is 12.8. The number of hydrogen-bond donors (Lipinski definition) is 1. The fourth-order valence-corrected chi connectivity index (χ4v) is 5.05. The molecule has 0 bridgehead atoms. The Balaban J connectivity index is 1.28. The molecule has 0 radical (unpaired) electrons. The van der Waals surface area contributed by atoms with Gasteiger partial charge in [-0.05, 0) is 43.4 Å². The molecule has 3 aromatic rings. The maximum absolute atomic E-state index is 12.8. The summed E-state index contributed by atoms with van der Waals surface area (Å²) in [6, 6.07) is 16.3. The van der Waals surface area contributed by atoms with Crippen LogP contribution in [0.2, 0.25) is 0 Å². The third kappa shape index (κ3) is 3.75. The van der Waals surface area contributed by atoms with Gasteiger partial charge in [-0.1, -0.05) is 47.5 Å². The SMILES string of the molecule is Cc1cc(C)cc(CN2C[C@@H]3Cn4c(nnc4C(=O)Nc4ccccc4)C[C@H]3C2)c1. The van der Waals surface area contributed by atoms with Gasteiger partial charge in [0.1, 0.15) is 5.82 Å². The molecule has 1 N–H and O–H groups in total. The lowest BCUT2D eigenvalue weighted by Gasteiger charge is -2.25. The van der Waals surface area contributed by atoms with Gasteiger partial charge in [0.05, 0.1) is 0 Å². The second kappa shape index (κ2) is 7.69. The first-order valence-electron chi connectivity index (χ1n) is 10.6. The van der Waals surface area contributed by atoms with Gasteiger partial charge in [0.15, 0.2) is 0 Å². The Morgan fingerprint density at radius 1 is 1.00 bits per heavy atom. The van der Waals surface area contributed by atoms with Crippen LogP contribution in [0.3, 0.4) is 0 Å². The van der Waals surface area contributed by atoms with Crippen LogP contribution in [0.4, 0.5) is 5.69 Å². The molecule has 5 rings (SSSR count). The minimum atomic E-state index is -0.191. The highest BCUT2D eigenvalue weighted by Gasteiger charge is 2.39. The summed E-state index contributed by atoms with van der Waals surface area (Å²) in [6.45, 7) is 8.25. The minimum absolute atomic E-state index is 0.191. The number of benzene rings is 2. The lowest BCUT2D eigenvalue weighted by Crippen LogP contribution is -2.31. The van der Waals surface area contributed by atoms with Crippen molar-refractivity contribution in [2.24, 2.45) is 11.8 Å². The molecule has 1 saturated heterocycles. The number of nitrogens with one attached hydrogen (secondary N) is 1. The number of carbonyl (C=O) groups is 1. The molecule has 0 saturated carbocycles. The van der Waals surface area contributed by atoms with Crippen molar-refractivity contribution in [1.29, 1.82) is 0 Å². The van der Waals surface area contributed by atoms with E-state index >= 15 is 0 Å². The number of likely N-dealkylation sites (tertiary alicyclic amines) is 1. The zero-order chi connectivity index (χ0) is 20.7. The Morgan fingerprint density at radius 3 is 2.50 bits per heavy atom. The molecular formula is C24H27N5O. The summed E-state index contributed by atoms with van der Waals surface area (Å²) in [7, 11) is 0. The van der Waals surface area contributed by atoms with Crippen molar-refractivity contribution in [3.63, 3.8) is 0 Å². The summed E-state index contributed by atoms with van der Waals surface area (Å²) in [4.78, 5) is 15.3. The van der Waals surface area contributed by atoms with E-state index in [1.54, 1.807) is 0 Å². The quantitative estimate of drug-likeness (QED) is 0.727. The molecule has 2 aliphatic heterocycles. The fourth-order valence-electron chi connectivity index (χ4n) is 5.05. The van der Waals surface area contributed by atoms with E-state index in [4.69, 9.17) is 0 Å². The second-order valence-electron chi connectivity index (χ2n) is 8.78. The largest absolute Gasteiger partial charge is 0.319 e. The van der Waals surface area contributed by atoms with Crippen LogP contribution in [-0.4, -0.2) is 38.7 Å². The molecule has 2 atom stereocenters. The molecule has 3 heterocycles. The molecule has 6 nitrogen and oxygen atoms in total. The molecule has 1 amide bonds. The van der Waals surface area contributed by atoms with E-state index in [9.17, 15) is 4.79 Å². The van der Waals surface area contributed by atoms with E-state index in [-0.39, 0.29) is 5.91 Å². The molecule has 0 spiro atoms. The van der Waals surface area contributed by atoms with Crippen LogP contribution in [0.25, 0.3) is 0 Å². The zero-order valence-corrected chi connectivity index (χ0v) is 17.5. The number of nitrogens with zero attached hydrogens (tertiary/aromatic N) is 4. The van der Waals surface area contributed by atoms with E-state index in [2.05, 4.69) is 52.5 Å². The average Bonchev–Trinajstić information content (AvgIpc) is 3.28. The number of amides is 1. The first-order valence-corrected chi connectivity index (χ1v) is 10.6. The predicted octanol–water partition coefficient (Wildman–Crippen LogP) is 3.45. The van der Waals surface area contributed by atoms with Gasteiger partial charge in [0, 0.05) is 38.3 Å². The lowest BCUT2D eigenvalue weighted by molar-refractivity contribution is 0.100. The van der Waals surface area contributed by atoms with Crippen LogP contribution in [0, 0.1) is 25.7 Å². The topological polar surface area (TPSA) is 63.1 Å². The molecular weight excluding hydrogens is 374 g/mol. The number of carbonyl (C=O) groups excluding carboxylic acids is 1. The van der Waals surface area contributed by atoms with E-state index < -0.39 is 0 Å². The van der Waals surface area contributed by atoms with Gasteiger partial charge in [-0.15, -0.1) is 10.2 Å². The van der Waals surface area contributed by atoms with Crippen LogP contribution in [-0.2, 0) is 19.5 Å². The zero-order valence-electron chi connectivity index (χ0n) is 17.5. The van der Waals surface area contributed by atoms with Crippen LogP contribution < -0.4 is 5.32 Å². The molecule has 1 fully saturated rings. The lowest BCUT2D eigenvalue weighted by atomic mass is 9.89. The number of aryl methyl sites for hydroxylation is 2. The molecule has 6 heteroatoms. The highest BCUT2D eigenvalue weighted by molar-refractivity contribution is 6.01. The van der Waals surface area contributed by atoms with Crippen molar-refractivity contribution in [2.45, 2.75) is 33.4 Å². The molecule has 30 heavy (non-hydrogen) atoms. The summed E-state index contributed by atoms with van der Waals surface area (Å²) in [5, 5.41) is 11.5. The number of para-hydroxylation sites is 1. The summed E-state index contributed by atoms with van der Waals surface area (Å²) in [5.41, 5.74) is 4.80. The normalized spacial score (nSPS) is 20.6. The first kappa shape index (κ1) is 19.0. The van der Waals surface area contributed by atoms with Crippen molar-refractivity contribution in [1.82, 2.24) is 19.7 Å². The van der Waals surface area contributed by atoms with Crippen LogP contribution in [0.5, 0.6) is 0 Å². The monoisotopic (exact) mass is 401 g/mol. The van der Waals surface area contributed by atoms with Crippen LogP contribution >= 0.6 is 0 Å². The minimum Gasteiger partial charge on any atom is -0.319 e. The van der Waals surface area contributed by atoms with Crippen LogP contribution in [0.1, 0.15) is 33.1 Å². The van der Waals surface area contributed by atoms with Crippen molar-refractivity contribution in [3.8, 4) is 0 Å². The van der Waals surface area contributed by atoms with Gasteiger partial charge in [-0.25, -0.2) is 0 Å². The standard InChI is InChI=1S/C24H27N5O/c1-16-8-17(2)10-18(9-16)12-28-13-19-11-22-26-27-23(29(22)15-20(19)14-28)24(30)25-21-6-4-3-5-7-21/h3-10,19-20H,11-15H2,1-2H3,(H,25,30)/t19-,20+/m0/s1. The smallest absolute Gasteiger partial charge is 0.293 e. The highest BCUT2D eigenvalue weighted by atomic mass is 16.2. The Hall–Kier alpha value is -2.99. The average molecular weight is 402 g/mol. The highest BCUT2D eigenvalue weighted by Crippen LogP contribution is 2.33. The first-order chi connectivity index (χ1) is 14.5. The Morgan fingerprint density at radius 2 is 1.73 bits per heavy atom. The molecule has 154 valence electrons. The third-order valence-corrected chi connectivity index (χ3v) is 6.26. The van der Waals surface area contributed by atoms with Gasteiger partial charge in [-0.2, -0.15) is 0 Å². The van der Waals surface area contributed by atoms with Gasteiger partial charge < -0.3 is 9.88 Å². The summed E-state index contributed by atoms with van der Waals surface area (Å²) >= 11 is 0. The Bertz CT molecular complexity index is 1050. The fraction of sp³-hybridized carbons (Fsp3) is 0.375. The third-order valence-electron chi connectivity index (χ3n) is 6.26. The van der Waals surface area contributed by atoms with Crippen molar-refractivity contribution in [3.05, 3.63) is 76.9 Å². The van der Waals surface area contributed by atoms with Gasteiger partial charge in [-0.3, -0.25) is 9.69 Å². The predicted molar refractivity (Wildman–Crippen MR) is 116 cm³/mol. The Labute approximate surface area is 176 Å². The van der Waals surface area contributed by atoms with E-state index in [0.717, 1.165) is 44.1 Å². The Kier molecular flexibility index (Phi) is 4.87. The van der Waals surface area contributed by atoms with E-state index in [0.29, 0.717) is 17.7 Å². The van der Waals surface area contributed by atoms with Gasteiger partial charge in [0.25, 0.3) is 5.91 Å². The summed E-state index contributed by atoms with van der Waals surface area (Å²) < 4.78 is 2.03. The van der Waals surface area contributed by atoms with E-state index in [1.807, 2.05) is 34.9 Å². The van der Waals surface area contributed by atoms with Crippen molar-refractivity contribution < 1.29 is 4.79 Å². The number of aromatic nitrogens is 3. The van der Waals surface area contributed by atoms with Gasteiger partial charge >= 0.3 is 0 Å². The van der Waals surface area contributed by atoms with Crippen molar-refractivity contribution >= 4 is 11.6 Å².